The maximum absolute atomic E-state index is 12.3. The Kier molecular flexibility index (Phi) is 5.53. The van der Waals surface area contributed by atoms with E-state index < -0.39 is 0 Å². The van der Waals surface area contributed by atoms with E-state index in [0.717, 1.165) is 11.3 Å². The van der Waals surface area contributed by atoms with Gasteiger partial charge in [-0.3, -0.25) is 4.79 Å². The zero-order valence-corrected chi connectivity index (χ0v) is 13.5. The van der Waals surface area contributed by atoms with Gasteiger partial charge in [0.05, 0.1) is 5.25 Å². The third-order valence-electron chi connectivity index (χ3n) is 4.46. The van der Waals surface area contributed by atoms with E-state index in [0.29, 0.717) is 17.9 Å². The molecule has 4 unspecified atom stereocenters. The van der Waals surface area contributed by atoms with E-state index >= 15 is 0 Å². The second kappa shape index (κ2) is 7.16. The highest BCUT2D eigenvalue weighted by Crippen LogP contribution is 2.30. The third-order valence-corrected chi connectivity index (χ3v) is 5.57. The molecule has 2 rings (SSSR count). The van der Waals surface area contributed by atoms with Crippen LogP contribution in [0.25, 0.3) is 0 Å². The van der Waals surface area contributed by atoms with E-state index in [1.165, 1.54) is 12.8 Å². The number of rotatable bonds is 4. The fraction of sp³-hybridized carbons (Fsp3) is 0.588. The smallest absolute Gasteiger partial charge is 0.233 e. The van der Waals surface area contributed by atoms with Crippen LogP contribution < -0.4 is 5.32 Å². The maximum atomic E-state index is 12.3. The van der Waals surface area contributed by atoms with E-state index in [2.05, 4.69) is 31.3 Å². The molecule has 1 N–H and O–H groups in total. The number of carbonyl (C=O) groups excluding carboxylic acids is 1. The zero-order chi connectivity index (χ0) is 14.5. The van der Waals surface area contributed by atoms with Crippen LogP contribution in [0.1, 0.15) is 40.0 Å². The number of thioether (sulfide) groups is 1. The Hall–Kier alpha value is -0.960. The van der Waals surface area contributed by atoms with Crippen molar-refractivity contribution < 1.29 is 4.79 Å². The summed E-state index contributed by atoms with van der Waals surface area (Å²) in [6, 6.07) is 10.5. The monoisotopic (exact) mass is 291 g/mol. The fourth-order valence-electron chi connectivity index (χ4n) is 2.84. The number of amides is 1. The van der Waals surface area contributed by atoms with Crippen LogP contribution in [-0.2, 0) is 4.79 Å². The summed E-state index contributed by atoms with van der Waals surface area (Å²) < 4.78 is 0. The Labute approximate surface area is 126 Å². The predicted octanol–water partition coefficient (Wildman–Crippen LogP) is 4.11. The van der Waals surface area contributed by atoms with Gasteiger partial charge < -0.3 is 5.32 Å². The van der Waals surface area contributed by atoms with E-state index in [9.17, 15) is 4.79 Å². The summed E-state index contributed by atoms with van der Waals surface area (Å²) in [5, 5.41) is 3.22. The van der Waals surface area contributed by atoms with Crippen LogP contribution in [-0.4, -0.2) is 17.2 Å². The molecule has 0 aromatic heterocycles. The van der Waals surface area contributed by atoms with E-state index in [-0.39, 0.29) is 11.2 Å². The molecule has 0 radical (unpaired) electrons. The van der Waals surface area contributed by atoms with Crippen LogP contribution in [0.3, 0.4) is 0 Å². The van der Waals surface area contributed by atoms with Crippen LogP contribution in [0.4, 0.5) is 0 Å². The van der Waals surface area contributed by atoms with Gasteiger partial charge in [-0.15, -0.1) is 11.8 Å². The average molecular weight is 291 g/mol. The van der Waals surface area contributed by atoms with Gasteiger partial charge in [0.2, 0.25) is 5.91 Å². The molecule has 20 heavy (non-hydrogen) atoms. The van der Waals surface area contributed by atoms with Crippen molar-refractivity contribution in [2.24, 2.45) is 11.8 Å². The molecule has 110 valence electrons. The minimum Gasteiger partial charge on any atom is -0.352 e. The lowest BCUT2D eigenvalue weighted by atomic mass is 9.78. The summed E-state index contributed by atoms with van der Waals surface area (Å²) in [4.78, 5) is 13.5. The minimum absolute atomic E-state index is 0.0400. The second-order valence-corrected chi connectivity index (χ2v) is 7.37. The summed E-state index contributed by atoms with van der Waals surface area (Å²) >= 11 is 1.63. The first-order valence-corrected chi connectivity index (χ1v) is 8.48. The lowest BCUT2D eigenvalue weighted by Gasteiger charge is -2.35. The van der Waals surface area contributed by atoms with Crippen molar-refractivity contribution in [3.8, 4) is 0 Å². The van der Waals surface area contributed by atoms with Crippen LogP contribution >= 0.6 is 11.8 Å². The average Bonchev–Trinajstić information content (AvgIpc) is 2.45. The van der Waals surface area contributed by atoms with Crippen LogP contribution in [0.2, 0.25) is 0 Å². The molecule has 1 aromatic carbocycles. The second-order valence-electron chi connectivity index (χ2n) is 5.96. The topological polar surface area (TPSA) is 29.1 Å². The minimum atomic E-state index is -0.0400. The number of hydrogen-bond acceptors (Lipinski definition) is 2. The summed E-state index contributed by atoms with van der Waals surface area (Å²) in [6.07, 6.45) is 3.65. The lowest BCUT2D eigenvalue weighted by molar-refractivity contribution is -0.121. The van der Waals surface area contributed by atoms with Gasteiger partial charge in [-0.1, -0.05) is 44.9 Å². The van der Waals surface area contributed by atoms with Crippen molar-refractivity contribution in [3.63, 3.8) is 0 Å². The Balaban J connectivity index is 1.87. The molecular weight excluding hydrogens is 266 g/mol. The number of nitrogens with one attached hydrogen (secondary N) is 1. The largest absolute Gasteiger partial charge is 0.352 e. The lowest BCUT2D eigenvalue weighted by Crippen LogP contribution is -2.46. The van der Waals surface area contributed by atoms with Gasteiger partial charge in [0.25, 0.3) is 0 Å². The van der Waals surface area contributed by atoms with Crippen LogP contribution in [0, 0.1) is 11.8 Å². The molecule has 0 saturated heterocycles. The summed E-state index contributed by atoms with van der Waals surface area (Å²) in [5.74, 6) is 1.47. The molecule has 1 aliphatic carbocycles. The first-order chi connectivity index (χ1) is 9.58. The van der Waals surface area contributed by atoms with Crippen LogP contribution in [0.15, 0.2) is 35.2 Å². The van der Waals surface area contributed by atoms with Gasteiger partial charge in [0.1, 0.15) is 0 Å². The van der Waals surface area contributed by atoms with Crippen molar-refractivity contribution in [2.75, 3.05) is 0 Å². The quantitative estimate of drug-likeness (QED) is 0.846. The highest BCUT2D eigenvalue weighted by Gasteiger charge is 2.29. The Morgan fingerprint density at radius 1 is 1.25 bits per heavy atom. The Bertz CT molecular complexity index is 434. The first-order valence-electron chi connectivity index (χ1n) is 7.60. The molecule has 0 heterocycles. The van der Waals surface area contributed by atoms with Crippen LogP contribution in [0.5, 0.6) is 0 Å². The normalized spacial score (nSPS) is 27.9. The summed E-state index contributed by atoms with van der Waals surface area (Å²) in [5.41, 5.74) is 0. The molecule has 3 heteroatoms. The molecule has 0 bridgehead atoms. The number of benzene rings is 1. The molecule has 0 spiro atoms. The first kappa shape index (κ1) is 15.4. The van der Waals surface area contributed by atoms with Crippen molar-refractivity contribution >= 4 is 17.7 Å². The fourth-order valence-corrected chi connectivity index (χ4v) is 3.74. The molecule has 1 aliphatic rings. The van der Waals surface area contributed by atoms with Gasteiger partial charge in [0, 0.05) is 10.9 Å². The van der Waals surface area contributed by atoms with Crippen molar-refractivity contribution in [3.05, 3.63) is 30.3 Å². The SMILES string of the molecule is CC(Sc1ccccc1)C(=O)NC1CCCC(C)C1C. The van der Waals surface area contributed by atoms with E-state index in [1.54, 1.807) is 11.8 Å². The van der Waals surface area contributed by atoms with E-state index in [1.807, 2.05) is 25.1 Å². The molecule has 1 fully saturated rings. The highest BCUT2D eigenvalue weighted by atomic mass is 32.2. The van der Waals surface area contributed by atoms with Gasteiger partial charge >= 0.3 is 0 Å². The number of hydrogen-bond donors (Lipinski definition) is 1. The highest BCUT2D eigenvalue weighted by molar-refractivity contribution is 8.00. The predicted molar refractivity (Wildman–Crippen MR) is 85.9 cm³/mol. The molecule has 0 aliphatic heterocycles. The molecular formula is C17H25NOS. The van der Waals surface area contributed by atoms with Gasteiger partial charge in [0.15, 0.2) is 0 Å². The van der Waals surface area contributed by atoms with Crippen molar-refractivity contribution in [1.82, 2.24) is 5.32 Å². The van der Waals surface area contributed by atoms with Gasteiger partial charge in [-0.05, 0) is 37.3 Å². The maximum Gasteiger partial charge on any atom is 0.233 e. The Morgan fingerprint density at radius 2 is 1.95 bits per heavy atom. The third kappa shape index (κ3) is 4.02. The molecule has 1 aromatic rings. The standard InChI is InChI=1S/C17H25NOS/c1-12-8-7-11-16(13(12)2)18-17(19)14(3)20-15-9-5-4-6-10-15/h4-6,9-10,12-14,16H,7-8,11H2,1-3H3,(H,18,19). The molecule has 1 amide bonds. The Morgan fingerprint density at radius 3 is 2.65 bits per heavy atom. The molecule has 1 saturated carbocycles. The number of carbonyl (C=O) groups is 1. The van der Waals surface area contributed by atoms with Crippen molar-refractivity contribution in [1.29, 1.82) is 0 Å². The van der Waals surface area contributed by atoms with Crippen molar-refractivity contribution in [2.45, 2.75) is 56.2 Å². The van der Waals surface area contributed by atoms with Gasteiger partial charge in [-0.25, -0.2) is 0 Å². The molecule has 4 atom stereocenters. The summed E-state index contributed by atoms with van der Waals surface area (Å²) in [7, 11) is 0. The summed E-state index contributed by atoms with van der Waals surface area (Å²) in [6.45, 7) is 6.55. The molecule has 2 nitrogen and oxygen atoms in total. The van der Waals surface area contributed by atoms with Gasteiger partial charge in [-0.2, -0.15) is 0 Å². The van der Waals surface area contributed by atoms with E-state index in [4.69, 9.17) is 0 Å². The zero-order valence-electron chi connectivity index (χ0n) is 12.6.